The first-order valence-corrected chi connectivity index (χ1v) is 21.9. The number of hydrogen-bond donors (Lipinski definition) is 0. The number of furan rings is 1. The van der Waals surface area contributed by atoms with Crippen LogP contribution in [0.2, 0.25) is 0 Å². The molecule has 4 heterocycles. The third-order valence-electron chi connectivity index (χ3n) is 12.3. The van der Waals surface area contributed by atoms with Crippen LogP contribution in [0, 0.1) is 0 Å². The van der Waals surface area contributed by atoms with Crippen molar-refractivity contribution in [1.29, 1.82) is 0 Å². The molecule has 0 saturated heterocycles. The number of para-hydroxylation sites is 2. The third-order valence-corrected chi connectivity index (χ3v) is 13.4. The molecule has 0 atom stereocenters. The Morgan fingerprint density at radius 3 is 1.71 bits per heavy atom. The number of nitrogens with zero attached hydrogens (tertiary/aromatic N) is 4. The molecular formula is C57H34N4OS. The molecule has 13 aromatic rings. The highest BCUT2D eigenvalue weighted by molar-refractivity contribution is 7.25. The summed E-state index contributed by atoms with van der Waals surface area (Å²) in [6.07, 6.45) is 0. The third kappa shape index (κ3) is 5.73. The van der Waals surface area contributed by atoms with Crippen LogP contribution in [-0.2, 0) is 0 Å². The van der Waals surface area contributed by atoms with Gasteiger partial charge in [0.25, 0.3) is 0 Å². The standard InChI is InChI=1S/C57H34N4OS/c1-4-15-35(16-5-1)38-29-31-41-42-32-30-39(34-51(42)63-50(41)33-38)56-58-55(37-19-8-3-9-20-37)59-57(60-56)45-24-14-28-49-53(45)44-23-13-27-48(54(44)62-49)61-46-25-11-10-21-43(46)52-40(22-12-26-47(52)61)36-17-6-2-7-18-36/h1-34H. The molecule has 0 unspecified atom stereocenters. The molecule has 13 rings (SSSR count). The molecule has 5 nitrogen and oxygen atoms in total. The zero-order chi connectivity index (χ0) is 41.4. The Kier molecular flexibility index (Phi) is 8.01. The Morgan fingerprint density at radius 2 is 0.937 bits per heavy atom. The van der Waals surface area contributed by atoms with E-state index in [1.54, 1.807) is 11.3 Å². The van der Waals surface area contributed by atoms with E-state index in [1.807, 2.05) is 30.3 Å². The summed E-state index contributed by atoms with van der Waals surface area (Å²) in [6, 6.07) is 72.5. The van der Waals surface area contributed by atoms with Gasteiger partial charge in [-0.2, -0.15) is 0 Å². The van der Waals surface area contributed by atoms with E-state index in [0.717, 1.165) is 55.3 Å². The molecule has 0 aliphatic heterocycles. The first-order chi connectivity index (χ1) is 31.2. The fourth-order valence-electron chi connectivity index (χ4n) is 9.40. The van der Waals surface area contributed by atoms with Gasteiger partial charge in [-0.05, 0) is 58.7 Å². The zero-order valence-corrected chi connectivity index (χ0v) is 34.6. The van der Waals surface area contributed by atoms with E-state index in [0.29, 0.717) is 17.5 Å². The van der Waals surface area contributed by atoms with Crippen molar-refractivity contribution in [3.63, 3.8) is 0 Å². The second kappa shape index (κ2) is 14.2. The molecule has 0 aliphatic carbocycles. The topological polar surface area (TPSA) is 56.7 Å². The summed E-state index contributed by atoms with van der Waals surface area (Å²) in [5.74, 6) is 1.82. The molecule has 9 aromatic carbocycles. The van der Waals surface area contributed by atoms with Crippen LogP contribution in [0.4, 0.5) is 0 Å². The van der Waals surface area contributed by atoms with Crippen LogP contribution in [0.5, 0.6) is 0 Å². The smallest absolute Gasteiger partial charge is 0.164 e. The highest BCUT2D eigenvalue weighted by atomic mass is 32.1. The number of fused-ring (bicyclic) bond motifs is 9. The van der Waals surface area contributed by atoms with Gasteiger partial charge in [0.2, 0.25) is 0 Å². The lowest BCUT2D eigenvalue weighted by atomic mass is 9.99. The van der Waals surface area contributed by atoms with Crippen LogP contribution in [0.25, 0.3) is 126 Å². The van der Waals surface area contributed by atoms with Crippen LogP contribution in [-0.4, -0.2) is 19.5 Å². The van der Waals surface area contributed by atoms with E-state index in [-0.39, 0.29) is 0 Å². The van der Waals surface area contributed by atoms with E-state index in [1.165, 1.54) is 53.2 Å². The summed E-state index contributed by atoms with van der Waals surface area (Å²) in [6.45, 7) is 0. The molecule has 6 heteroatoms. The molecule has 0 N–H and O–H groups in total. The highest BCUT2D eigenvalue weighted by Gasteiger charge is 2.23. The Bertz CT molecular complexity index is 3910. The lowest BCUT2D eigenvalue weighted by Gasteiger charge is -2.10. The minimum absolute atomic E-state index is 0.589. The summed E-state index contributed by atoms with van der Waals surface area (Å²) in [7, 11) is 0. The number of hydrogen-bond acceptors (Lipinski definition) is 5. The number of thiophene rings is 1. The van der Waals surface area contributed by atoms with Crippen LogP contribution in [0.15, 0.2) is 211 Å². The molecule has 0 bridgehead atoms. The molecular weight excluding hydrogens is 789 g/mol. The molecule has 294 valence electrons. The predicted octanol–water partition coefficient (Wildman–Crippen LogP) is 15.6. The van der Waals surface area contributed by atoms with Crippen molar-refractivity contribution < 1.29 is 4.42 Å². The van der Waals surface area contributed by atoms with Gasteiger partial charge in [0.05, 0.1) is 16.7 Å². The maximum absolute atomic E-state index is 6.93. The van der Waals surface area contributed by atoms with E-state index in [2.05, 4.69) is 180 Å². The summed E-state index contributed by atoms with van der Waals surface area (Å²) in [4.78, 5) is 15.6. The van der Waals surface area contributed by atoms with E-state index >= 15 is 0 Å². The summed E-state index contributed by atoms with van der Waals surface area (Å²) in [5, 5.41) is 6.83. The van der Waals surface area contributed by atoms with Gasteiger partial charge < -0.3 is 8.98 Å². The Labute approximate surface area is 365 Å². The maximum Gasteiger partial charge on any atom is 0.164 e. The van der Waals surface area contributed by atoms with Crippen molar-refractivity contribution >= 4 is 75.3 Å². The minimum atomic E-state index is 0.589. The molecule has 4 aromatic heterocycles. The molecule has 0 amide bonds. The van der Waals surface area contributed by atoms with Crippen molar-refractivity contribution in [2.75, 3.05) is 0 Å². The van der Waals surface area contributed by atoms with Crippen LogP contribution in [0.3, 0.4) is 0 Å². The average Bonchev–Trinajstić information content (AvgIpc) is 4.04. The van der Waals surface area contributed by atoms with E-state index in [9.17, 15) is 0 Å². The van der Waals surface area contributed by atoms with Crippen molar-refractivity contribution in [3.8, 4) is 62.1 Å². The minimum Gasteiger partial charge on any atom is -0.454 e. The summed E-state index contributed by atoms with van der Waals surface area (Å²) in [5.41, 5.74) is 12.3. The van der Waals surface area contributed by atoms with Crippen LogP contribution in [0.1, 0.15) is 0 Å². The van der Waals surface area contributed by atoms with Gasteiger partial charge in [0.15, 0.2) is 23.1 Å². The maximum atomic E-state index is 6.93. The quantitative estimate of drug-likeness (QED) is 0.168. The van der Waals surface area contributed by atoms with Gasteiger partial charge in [0, 0.05) is 58.4 Å². The lowest BCUT2D eigenvalue weighted by molar-refractivity contribution is 0.666. The van der Waals surface area contributed by atoms with E-state index in [4.69, 9.17) is 19.4 Å². The monoisotopic (exact) mass is 822 g/mol. The number of rotatable bonds is 6. The van der Waals surface area contributed by atoms with Gasteiger partial charge in [-0.15, -0.1) is 11.3 Å². The highest BCUT2D eigenvalue weighted by Crippen LogP contribution is 2.44. The Balaban J connectivity index is 0.995. The van der Waals surface area contributed by atoms with Gasteiger partial charge in [0.1, 0.15) is 5.58 Å². The first-order valence-electron chi connectivity index (χ1n) is 21.1. The molecule has 0 radical (unpaired) electrons. The number of benzene rings is 9. The SMILES string of the molecule is c1ccc(-c2ccc3c(c2)sc2cc(-c4nc(-c5ccccc5)nc(-c5cccc6oc7c(-n8c9ccccc9c9c(-c%10ccccc%10)cccc98)cccc7c56)n4)ccc23)cc1. The second-order valence-electron chi connectivity index (χ2n) is 15.9. The lowest BCUT2D eigenvalue weighted by Crippen LogP contribution is -2.00. The number of aromatic nitrogens is 4. The summed E-state index contributed by atoms with van der Waals surface area (Å²) >= 11 is 1.80. The molecule has 0 spiro atoms. The molecule has 0 fully saturated rings. The van der Waals surface area contributed by atoms with Crippen molar-refractivity contribution in [3.05, 3.63) is 206 Å². The summed E-state index contributed by atoms with van der Waals surface area (Å²) < 4.78 is 11.7. The average molecular weight is 823 g/mol. The van der Waals surface area contributed by atoms with Gasteiger partial charge in [-0.3, -0.25) is 0 Å². The fraction of sp³-hybridized carbons (Fsp3) is 0. The van der Waals surface area contributed by atoms with Crippen LogP contribution >= 0.6 is 11.3 Å². The van der Waals surface area contributed by atoms with Crippen molar-refractivity contribution in [2.24, 2.45) is 0 Å². The van der Waals surface area contributed by atoms with Gasteiger partial charge >= 0.3 is 0 Å². The Morgan fingerprint density at radius 1 is 0.365 bits per heavy atom. The largest absolute Gasteiger partial charge is 0.454 e. The van der Waals surface area contributed by atoms with Gasteiger partial charge in [-0.1, -0.05) is 170 Å². The predicted molar refractivity (Wildman–Crippen MR) is 262 cm³/mol. The van der Waals surface area contributed by atoms with Crippen molar-refractivity contribution in [1.82, 2.24) is 19.5 Å². The normalized spacial score (nSPS) is 11.8. The van der Waals surface area contributed by atoms with Gasteiger partial charge in [-0.25, -0.2) is 15.0 Å². The second-order valence-corrected chi connectivity index (χ2v) is 17.0. The first kappa shape index (κ1) is 35.6. The zero-order valence-electron chi connectivity index (χ0n) is 33.7. The van der Waals surface area contributed by atoms with E-state index < -0.39 is 0 Å². The Hall–Kier alpha value is -8.19. The fourth-order valence-corrected chi connectivity index (χ4v) is 10.6. The molecule has 0 aliphatic rings. The molecule has 0 saturated carbocycles. The molecule has 63 heavy (non-hydrogen) atoms. The van der Waals surface area contributed by atoms with Crippen LogP contribution < -0.4 is 0 Å². The van der Waals surface area contributed by atoms with Crippen molar-refractivity contribution in [2.45, 2.75) is 0 Å².